The fourth-order valence-corrected chi connectivity index (χ4v) is 5.36. The molecule has 3 N–H and O–H groups in total. The monoisotopic (exact) mass is 529 g/mol. The van der Waals surface area contributed by atoms with E-state index in [1.54, 1.807) is 12.1 Å². The lowest BCUT2D eigenvalue weighted by molar-refractivity contribution is 0.0951. The van der Waals surface area contributed by atoms with Crippen LogP contribution in [0.25, 0.3) is 10.9 Å². The summed E-state index contributed by atoms with van der Waals surface area (Å²) in [4.78, 5) is 23.4. The second kappa shape index (κ2) is 11.7. The summed E-state index contributed by atoms with van der Waals surface area (Å²) in [5, 5.41) is 8.10. The van der Waals surface area contributed by atoms with Gasteiger partial charge < -0.3 is 20.5 Å². The number of hydrogen-bond donors (Lipinski definition) is 3. The predicted octanol–water partition coefficient (Wildman–Crippen LogP) is 5.24. The van der Waals surface area contributed by atoms with Crippen molar-refractivity contribution in [1.29, 1.82) is 0 Å². The highest BCUT2D eigenvalue weighted by Crippen LogP contribution is 2.29. The van der Waals surface area contributed by atoms with E-state index in [1.165, 1.54) is 17.0 Å². The Morgan fingerprint density at radius 2 is 1.82 bits per heavy atom. The van der Waals surface area contributed by atoms with E-state index in [9.17, 15) is 9.18 Å². The molecular weight excluding hydrogens is 497 g/mol. The third-order valence-corrected chi connectivity index (χ3v) is 7.62. The van der Waals surface area contributed by atoms with Crippen LogP contribution in [-0.4, -0.2) is 45.5 Å². The maximum absolute atomic E-state index is 13.9. The maximum atomic E-state index is 13.9. The van der Waals surface area contributed by atoms with Gasteiger partial charge in [0.1, 0.15) is 5.82 Å². The summed E-state index contributed by atoms with van der Waals surface area (Å²) in [5.41, 5.74) is 5.30. The molecule has 1 saturated heterocycles. The zero-order valence-corrected chi connectivity index (χ0v) is 22.3. The number of likely N-dealkylation sites (tertiary alicyclic amines) is 1. The van der Waals surface area contributed by atoms with Gasteiger partial charge in [0.15, 0.2) is 5.11 Å². The summed E-state index contributed by atoms with van der Waals surface area (Å²) in [7, 11) is 0. The van der Waals surface area contributed by atoms with Crippen LogP contribution in [0.15, 0.2) is 66.9 Å². The minimum Gasteiger partial charge on any atom is -0.361 e. The van der Waals surface area contributed by atoms with Gasteiger partial charge in [-0.05, 0) is 68.2 Å². The molecule has 2 aromatic heterocycles. The van der Waals surface area contributed by atoms with Crippen LogP contribution in [0.5, 0.6) is 0 Å². The molecule has 6 nitrogen and oxygen atoms in total. The van der Waals surface area contributed by atoms with Crippen molar-refractivity contribution in [1.82, 2.24) is 25.5 Å². The van der Waals surface area contributed by atoms with E-state index in [1.807, 2.05) is 43.5 Å². The van der Waals surface area contributed by atoms with Gasteiger partial charge in [-0.3, -0.25) is 9.78 Å². The van der Waals surface area contributed by atoms with Crippen molar-refractivity contribution in [2.75, 3.05) is 19.6 Å². The Labute approximate surface area is 227 Å². The molecule has 0 radical (unpaired) electrons. The molecule has 5 rings (SSSR count). The number of aromatic nitrogens is 2. The minimum absolute atomic E-state index is 0.0863. The average molecular weight is 530 g/mol. The number of benzene rings is 2. The van der Waals surface area contributed by atoms with E-state index in [0.29, 0.717) is 29.3 Å². The van der Waals surface area contributed by atoms with Gasteiger partial charge in [-0.2, -0.15) is 0 Å². The standard InChI is InChI=1S/C30H32FN5OS/c1-20-10-11-25(29(37)32-15-12-22-18-33-27-9-5-3-7-24(22)27)28(35-20)21-13-16-36(17-14-21)30(38)34-19-23-6-2-4-8-26(23)31/h2-11,18,21,33H,12-17,19H2,1H3,(H,32,37)(H,34,38). The summed E-state index contributed by atoms with van der Waals surface area (Å²) in [6.07, 6.45) is 4.44. The third-order valence-electron chi connectivity index (χ3n) is 7.22. The van der Waals surface area contributed by atoms with Gasteiger partial charge in [0.05, 0.1) is 11.3 Å². The number of halogens is 1. The van der Waals surface area contributed by atoms with Gasteiger partial charge in [-0.25, -0.2) is 4.39 Å². The molecule has 3 heterocycles. The number of carbonyl (C=O) groups excluding carboxylic acids is 1. The number of rotatable bonds is 7. The summed E-state index contributed by atoms with van der Waals surface area (Å²) in [6.45, 7) is 4.37. The molecule has 4 aromatic rings. The first kappa shape index (κ1) is 25.9. The van der Waals surface area contributed by atoms with Crippen LogP contribution in [-0.2, 0) is 13.0 Å². The molecule has 0 saturated carbocycles. The first-order chi connectivity index (χ1) is 18.5. The smallest absolute Gasteiger partial charge is 0.253 e. The molecule has 0 atom stereocenters. The number of hydrogen-bond acceptors (Lipinski definition) is 3. The van der Waals surface area contributed by atoms with Gasteiger partial charge in [-0.1, -0.05) is 36.4 Å². The number of thiocarbonyl (C=S) groups is 1. The summed E-state index contributed by atoms with van der Waals surface area (Å²) in [6, 6.07) is 18.7. The topological polar surface area (TPSA) is 73.1 Å². The second-order valence-electron chi connectivity index (χ2n) is 9.76. The van der Waals surface area contributed by atoms with Crippen LogP contribution < -0.4 is 10.6 Å². The summed E-state index contributed by atoms with van der Waals surface area (Å²) in [5.74, 6) is -0.147. The zero-order valence-electron chi connectivity index (χ0n) is 21.5. The fraction of sp³-hybridized carbons (Fsp3) is 0.300. The van der Waals surface area contributed by atoms with E-state index in [2.05, 4.69) is 32.7 Å². The molecule has 1 fully saturated rings. The zero-order chi connectivity index (χ0) is 26.5. The highest BCUT2D eigenvalue weighted by Gasteiger charge is 2.27. The third kappa shape index (κ3) is 5.86. The van der Waals surface area contributed by atoms with Crippen LogP contribution >= 0.6 is 12.2 Å². The molecule has 0 aliphatic carbocycles. The minimum atomic E-state index is -0.237. The van der Waals surface area contributed by atoms with Crippen molar-refractivity contribution in [2.24, 2.45) is 0 Å². The van der Waals surface area contributed by atoms with Gasteiger partial charge in [0.2, 0.25) is 0 Å². The van der Waals surface area contributed by atoms with Crippen molar-refractivity contribution in [3.05, 3.63) is 101 Å². The Hall–Kier alpha value is -3.78. The Kier molecular flexibility index (Phi) is 7.98. The molecule has 196 valence electrons. The van der Waals surface area contributed by atoms with Crippen molar-refractivity contribution < 1.29 is 9.18 Å². The number of nitrogens with zero attached hydrogens (tertiary/aromatic N) is 2. The second-order valence-corrected chi connectivity index (χ2v) is 10.1. The Morgan fingerprint density at radius 1 is 1.05 bits per heavy atom. The van der Waals surface area contributed by atoms with Crippen molar-refractivity contribution >= 4 is 34.1 Å². The van der Waals surface area contributed by atoms with E-state index >= 15 is 0 Å². The lowest BCUT2D eigenvalue weighted by Crippen LogP contribution is -2.44. The van der Waals surface area contributed by atoms with Crippen LogP contribution in [0.4, 0.5) is 4.39 Å². The fourth-order valence-electron chi connectivity index (χ4n) is 5.10. The molecule has 8 heteroatoms. The highest BCUT2D eigenvalue weighted by atomic mass is 32.1. The molecule has 1 aliphatic heterocycles. The largest absolute Gasteiger partial charge is 0.361 e. The maximum Gasteiger partial charge on any atom is 0.253 e. The molecule has 1 amide bonds. The number of fused-ring (bicyclic) bond motifs is 1. The van der Waals surface area contributed by atoms with Crippen LogP contribution in [0.3, 0.4) is 0 Å². The van der Waals surface area contributed by atoms with E-state index in [0.717, 1.165) is 49.3 Å². The van der Waals surface area contributed by atoms with E-state index in [-0.39, 0.29) is 17.6 Å². The predicted molar refractivity (Wildman–Crippen MR) is 153 cm³/mol. The number of nitrogens with one attached hydrogen (secondary N) is 3. The molecule has 38 heavy (non-hydrogen) atoms. The number of aryl methyl sites for hydroxylation is 1. The van der Waals surface area contributed by atoms with Gasteiger partial charge in [-0.15, -0.1) is 0 Å². The SMILES string of the molecule is Cc1ccc(C(=O)NCCc2c[nH]c3ccccc23)c(C2CCN(C(=S)NCc3ccccc3F)CC2)n1. The molecule has 1 aliphatic rings. The van der Waals surface area contributed by atoms with Crippen molar-refractivity contribution in [3.8, 4) is 0 Å². The number of aromatic amines is 1. The number of amides is 1. The normalized spacial score (nSPS) is 14.0. The Morgan fingerprint density at radius 3 is 2.63 bits per heavy atom. The van der Waals surface area contributed by atoms with Crippen LogP contribution in [0, 0.1) is 12.7 Å². The van der Waals surface area contributed by atoms with Crippen molar-refractivity contribution in [3.63, 3.8) is 0 Å². The highest BCUT2D eigenvalue weighted by molar-refractivity contribution is 7.80. The van der Waals surface area contributed by atoms with Gasteiger partial charge >= 0.3 is 0 Å². The number of H-pyrrole nitrogens is 1. The van der Waals surface area contributed by atoms with E-state index < -0.39 is 0 Å². The van der Waals surface area contributed by atoms with Crippen molar-refractivity contribution in [2.45, 2.75) is 38.6 Å². The average Bonchev–Trinajstić information content (AvgIpc) is 3.35. The molecule has 2 aromatic carbocycles. The van der Waals surface area contributed by atoms with Crippen LogP contribution in [0.1, 0.15) is 51.6 Å². The summed E-state index contributed by atoms with van der Waals surface area (Å²) >= 11 is 5.58. The van der Waals surface area contributed by atoms with Crippen LogP contribution in [0.2, 0.25) is 0 Å². The molecule has 0 spiro atoms. The molecule has 0 bridgehead atoms. The quantitative estimate of drug-likeness (QED) is 0.286. The number of carbonyl (C=O) groups is 1. The number of para-hydroxylation sites is 1. The van der Waals surface area contributed by atoms with E-state index in [4.69, 9.17) is 17.2 Å². The van der Waals surface area contributed by atoms with Gasteiger partial charge in [0.25, 0.3) is 5.91 Å². The lowest BCUT2D eigenvalue weighted by Gasteiger charge is -2.34. The molecular formula is C30H32FN5OS. The Bertz CT molecular complexity index is 1440. The number of piperidine rings is 1. The van der Waals surface area contributed by atoms with Gasteiger partial charge in [0, 0.05) is 60.5 Å². The first-order valence-corrected chi connectivity index (χ1v) is 13.5. The Balaban J connectivity index is 1.17. The summed E-state index contributed by atoms with van der Waals surface area (Å²) < 4.78 is 13.9. The molecule has 0 unspecified atom stereocenters. The number of pyridine rings is 1. The first-order valence-electron chi connectivity index (χ1n) is 13.1. The lowest BCUT2D eigenvalue weighted by atomic mass is 9.90.